The van der Waals surface area contributed by atoms with E-state index in [4.69, 9.17) is 17.3 Å². The third-order valence-corrected chi connectivity index (χ3v) is 3.45. The highest BCUT2D eigenvalue weighted by Gasteiger charge is 2.37. The van der Waals surface area contributed by atoms with Crippen LogP contribution in [0.15, 0.2) is 18.2 Å². The van der Waals surface area contributed by atoms with Crippen molar-refractivity contribution in [1.82, 2.24) is 0 Å². The molecule has 0 bridgehead atoms. The van der Waals surface area contributed by atoms with E-state index in [9.17, 15) is 0 Å². The topological polar surface area (TPSA) is 26.0 Å². The Balaban J connectivity index is 1.99. The zero-order chi connectivity index (χ0) is 10.2. The lowest BCUT2D eigenvalue weighted by Gasteiger charge is -2.08. The zero-order valence-corrected chi connectivity index (χ0v) is 9.27. The SMILES string of the molecule is Cc1cc(CCC2(N)CC2)ccc1Cl. The van der Waals surface area contributed by atoms with E-state index in [0.29, 0.717) is 0 Å². The molecule has 0 heterocycles. The number of hydrogen-bond acceptors (Lipinski definition) is 1. The lowest BCUT2D eigenvalue weighted by atomic mass is 10.0. The van der Waals surface area contributed by atoms with Crippen molar-refractivity contribution in [3.05, 3.63) is 34.3 Å². The maximum atomic E-state index is 6.04. The first kappa shape index (κ1) is 10.0. The maximum absolute atomic E-state index is 6.04. The summed E-state index contributed by atoms with van der Waals surface area (Å²) in [5, 5.41) is 0.850. The van der Waals surface area contributed by atoms with Crippen molar-refractivity contribution in [1.29, 1.82) is 0 Å². The van der Waals surface area contributed by atoms with E-state index in [-0.39, 0.29) is 5.54 Å². The molecule has 1 nitrogen and oxygen atoms in total. The van der Waals surface area contributed by atoms with Crippen LogP contribution in [0.1, 0.15) is 30.4 Å². The van der Waals surface area contributed by atoms with E-state index < -0.39 is 0 Å². The Morgan fingerprint density at radius 3 is 2.71 bits per heavy atom. The number of hydrogen-bond donors (Lipinski definition) is 1. The second-order valence-corrected chi connectivity index (χ2v) is 4.85. The van der Waals surface area contributed by atoms with E-state index in [1.807, 2.05) is 13.0 Å². The molecule has 2 rings (SSSR count). The normalized spacial score (nSPS) is 18.2. The summed E-state index contributed by atoms with van der Waals surface area (Å²) in [6.07, 6.45) is 4.57. The molecule has 0 spiro atoms. The lowest BCUT2D eigenvalue weighted by molar-refractivity contribution is 0.609. The Hall–Kier alpha value is -0.530. The smallest absolute Gasteiger partial charge is 0.0435 e. The van der Waals surface area contributed by atoms with Crippen LogP contribution in [0.3, 0.4) is 0 Å². The molecule has 0 aliphatic heterocycles. The van der Waals surface area contributed by atoms with E-state index in [1.54, 1.807) is 0 Å². The van der Waals surface area contributed by atoms with Gasteiger partial charge in [-0.25, -0.2) is 0 Å². The number of nitrogens with two attached hydrogens (primary N) is 1. The van der Waals surface area contributed by atoms with Gasteiger partial charge in [0.15, 0.2) is 0 Å². The summed E-state index contributed by atoms with van der Waals surface area (Å²) in [6.45, 7) is 2.04. The van der Waals surface area contributed by atoms with Crippen molar-refractivity contribution in [2.75, 3.05) is 0 Å². The van der Waals surface area contributed by atoms with Crippen molar-refractivity contribution in [2.24, 2.45) is 5.73 Å². The van der Waals surface area contributed by atoms with E-state index in [2.05, 4.69) is 12.1 Å². The third-order valence-electron chi connectivity index (χ3n) is 3.03. The highest BCUT2D eigenvalue weighted by atomic mass is 35.5. The van der Waals surface area contributed by atoms with Gasteiger partial charge < -0.3 is 5.73 Å². The van der Waals surface area contributed by atoms with E-state index in [0.717, 1.165) is 23.4 Å². The van der Waals surface area contributed by atoms with Gasteiger partial charge in [-0.1, -0.05) is 23.7 Å². The molecule has 1 aromatic rings. The summed E-state index contributed by atoms with van der Waals surface area (Å²) >= 11 is 5.96. The van der Waals surface area contributed by atoms with Gasteiger partial charge in [0, 0.05) is 10.6 Å². The molecule has 0 radical (unpaired) electrons. The summed E-state index contributed by atoms with van der Waals surface area (Å²) in [5.41, 5.74) is 8.71. The molecule has 2 heteroatoms. The van der Waals surface area contributed by atoms with Crippen molar-refractivity contribution >= 4 is 11.6 Å². The van der Waals surface area contributed by atoms with Gasteiger partial charge in [-0.2, -0.15) is 0 Å². The largest absolute Gasteiger partial charge is 0.325 e. The highest BCUT2D eigenvalue weighted by Crippen LogP contribution is 2.36. The zero-order valence-electron chi connectivity index (χ0n) is 8.52. The molecule has 14 heavy (non-hydrogen) atoms. The average molecular weight is 210 g/mol. The molecular weight excluding hydrogens is 194 g/mol. The summed E-state index contributed by atoms with van der Waals surface area (Å²) in [4.78, 5) is 0. The van der Waals surface area contributed by atoms with Crippen LogP contribution in [-0.2, 0) is 6.42 Å². The van der Waals surface area contributed by atoms with Gasteiger partial charge in [0.2, 0.25) is 0 Å². The molecule has 0 unspecified atom stereocenters. The van der Waals surface area contributed by atoms with Gasteiger partial charge in [-0.15, -0.1) is 0 Å². The standard InChI is InChI=1S/C12H16ClN/c1-9-8-10(2-3-11(9)13)4-5-12(14)6-7-12/h2-3,8H,4-7,14H2,1H3. The Morgan fingerprint density at radius 1 is 1.43 bits per heavy atom. The third kappa shape index (κ3) is 2.28. The fraction of sp³-hybridized carbons (Fsp3) is 0.500. The van der Waals surface area contributed by atoms with E-state index >= 15 is 0 Å². The number of benzene rings is 1. The first-order valence-corrected chi connectivity index (χ1v) is 5.51. The summed E-state index contributed by atoms with van der Waals surface area (Å²) in [6, 6.07) is 6.23. The second-order valence-electron chi connectivity index (χ2n) is 4.45. The van der Waals surface area contributed by atoms with Gasteiger partial charge in [-0.05, 0) is 49.8 Å². The van der Waals surface area contributed by atoms with Crippen LogP contribution in [0.5, 0.6) is 0 Å². The van der Waals surface area contributed by atoms with Crippen LogP contribution in [-0.4, -0.2) is 5.54 Å². The number of aryl methyl sites for hydroxylation is 2. The van der Waals surface area contributed by atoms with Gasteiger partial charge in [0.05, 0.1) is 0 Å². The van der Waals surface area contributed by atoms with Crippen LogP contribution in [0.4, 0.5) is 0 Å². The number of halogens is 1. The van der Waals surface area contributed by atoms with Crippen LogP contribution in [0, 0.1) is 6.92 Å². The van der Waals surface area contributed by atoms with Crippen molar-refractivity contribution < 1.29 is 0 Å². The first-order chi connectivity index (χ1) is 6.59. The molecule has 1 saturated carbocycles. The Morgan fingerprint density at radius 2 is 2.14 bits per heavy atom. The average Bonchev–Trinajstić information content (AvgIpc) is 2.87. The summed E-state index contributed by atoms with van der Waals surface area (Å²) < 4.78 is 0. The van der Waals surface area contributed by atoms with Gasteiger partial charge >= 0.3 is 0 Å². The maximum Gasteiger partial charge on any atom is 0.0435 e. The lowest BCUT2D eigenvalue weighted by Crippen LogP contribution is -2.22. The van der Waals surface area contributed by atoms with Crippen molar-refractivity contribution in [3.63, 3.8) is 0 Å². The predicted molar refractivity (Wildman–Crippen MR) is 60.7 cm³/mol. The monoisotopic (exact) mass is 209 g/mol. The summed E-state index contributed by atoms with van der Waals surface area (Å²) in [5.74, 6) is 0. The minimum absolute atomic E-state index is 0.160. The fourth-order valence-corrected chi connectivity index (χ4v) is 1.78. The quantitative estimate of drug-likeness (QED) is 0.814. The minimum Gasteiger partial charge on any atom is -0.325 e. The van der Waals surface area contributed by atoms with Crippen LogP contribution >= 0.6 is 11.6 Å². The highest BCUT2D eigenvalue weighted by molar-refractivity contribution is 6.31. The minimum atomic E-state index is 0.160. The molecule has 76 valence electrons. The van der Waals surface area contributed by atoms with Gasteiger partial charge in [0.1, 0.15) is 0 Å². The summed E-state index contributed by atoms with van der Waals surface area (Å²) in [7, 11) is 0. The Bertz CT molecular complexity index is 342. The molecule has 0 saturated heterocycles. The first-order valence-electron chi connectivity index (χ1n) is 5.13. The molecule has 0 aromatic heterocycles. The fourth-order valence-electron chi connectivity index (χ4n) is 1.67. The molecule has 2 N–H and O–H groups in total. The molecule has 1 aromatic carbocycles. The van der Waals surface area contributed by atoms with Crippen molar-refractivity contribution in [2.45, 2.75) is 38.1 Å². The van der Waals surface area contributed by atoms with Crippen LogP contribution < -0.4 is 5.73 Å². The van der Waals surface area contributed by atoms with Crippen molar-refractivity contribution in [3.8, 4) is 0 Å². The Labute approximate surface area is 90.3 Å². The van der Waals surface area contributed by atoms with Gasteiger partial charge in [-0.3, -0.25) is 0 Å². The van der Waals surface area contributed by atoms with E-state index in [1.165, 1.54) is 18.4 Å². The predicted octanol–water partition coefficient (Wildman–Crippen LogP) is 3.07. The van der Waals surface area contributed by atoms with Crippen LogP contribution in [0.25, 0.3) is 0 Å². The molecule has 1 aliphatic rings. The van der Waals surface area contributed by atoms with Gasteiger partial charge in [0.25, 0.3) is 0 Å². The molecule has 0 amide bonds. The molecule has 1 fully saturated rings. The molecular formula is C12H16ClN. The Kier molecular flexibility index (Phi) is 2.54. The second kappa shape index (κ2) is 3.56. The molecule has 1 aliphatic carbocycles. The molecule has 0 atom stereocenters. The number of rotatable bonds is 3. The van der Waals surface area contributed by atoms with Crippen LogP contribution in [0.2, 0.25) is 5.02 Å².